The highest BCUT2D eigenvalue weighted by Gasteiger charge is 2.04. The van der Waals surface area contributed by atoms with Gasteiger partial charge in [0.05, 0.1) is 0 Å². The van der Waals surface area contributed by atoms with Gasteiger partial charge < -0.3 is 16.4 Å². The molecule has 0 aliphatic heterocycles. The summed E-state index contributed by atoms with van der Waals surface area (Å²) in [6, 6.07) is 7.54. The molecule has 4 nitrogen and oxygen atoms in total. The van der Waals surface area contributed by atoms with Crippen molar-refractivity contribution in [2.24, 2.45) is 5.73 Å². The normalized spacial score (nSPS) is 11.9. The topological polar surface area (TPSA) is 67.2 Å². The van der Waals surface area contributed by atoms with Gasteiger partial charge in [0.25, 0.3) is 5.91 Å². The van der Waals surface area contributed by atoms with Crippen molar-refractivity contribution in [1.82, 2.24) is 5.32 Å². The van der Waals surface area contributed by atoms with Gasteiger partial charge in [-0.25, -0.2) is 0 Å². The Morgan fingerprint density at radius 3 is 2.87 bits per heavy atom. The van der Waals surface area contributed by atoms with E-state index in [1.54, 1.807) is 13.1 Å². The summed E-state index contributed by atoms with van der Waals surface area (Å²) in [6.07, 6.45) is 0. The molecule has 0 aromatic heterocycles. The van der Waals surface area contributed by atoms with Crippen LogP contribution in [0.1, 0.15) is 17.3 Å². The summed E-state index contributed by atoms with van der Waals surface area (Å²) in [5, 5.41) is 5.79. The predicted molar refractivity (Wildman–Crippen MR) is 62.0 cm³/mol. The van der Waals surface area contributed by atoms with Crippen LogP contribution in [0, 0.1) is 0 Å². The fourth-order valence-electron chi connectivity index (χ4n) is 1.24. The van der Waals surface area contributed by atoms with Crippen LogP contribution in [0.5, 0.6) is 0 Å². The minimum atomic E-state index is -0.0842. The molecule has 1 amide bonds. The van der Waals surface area contributed by atoms with Gasteiger partial charge in [0.15, 0.2) is 0 Å². The minimum Gasteiger partial charge on any atom is -0.381 e. The van der Waals surface area contributed by atoms with Crippen molar-refractivity contribution in [3.05, 3.63) is 29.8 Å². The molecule has 1 atom stereocenters. The van der Waals surface area contributed by atoms with Crippen LogP contribution in [0.3, 0.4) is 0 Å². The Kier molecular flexibility index (Phi) is 4.12. The highest BCUT2D eigenvalue weighted by Crippen LogP contribution is 2.11. The molecule has 0 aliphatic rings. The first-order chi connectivity index (χ1) is 7.17. The molecule has 82 valence electrons. The molecular formula is C11H17N3O. The number of nitrogens with one attached hydrogen (secondary N) is 2. The Bertz CT molecular complexity index is 338. The van der Waals surface area contributed by atoms with E-state index in [4.69, 9.17) is 5.73 Å². The maximum Gasteiger partial charge on any atom is 0.251 e. The number of hydrogen-bond donors (Lipinski definition) is 3. The number of carbonyl (C=O) groups excluding carboxylic acids is 1. The summed E-state index contributed by atoms with van der Waals surface area (Å²) >= 11 is 0. The second-order valence-corrected chi connectivity index (χ2v) is 3.44. The zero-order valence-electron chi connectivity index (χ0n) is 9.08. The first-order valence-corrected chi connectivity index (χ1v) is 4.96. The Labute approximate surface area is 89.9 Å². The molecule has 0 aliphatic carbocycles. The molecular weight excluding hydrogens is 190 g/mol. The van der Waals surface area contributed by atoms with Crippen LogP contribution in [0.4, 0.5) is 5.69 Å². The first kappa shape index (κ1) is 11.5. The number of anilines is 1. The van der Waals surface area contributed by atoms with Gasteiger partial charge in [-0.2, -0.15) is 0 Å². The fraction of sp³-hybridized carbons (Fsp3) is 0.364. The molecule has 4 N–H and O–H groups in total. The van der Waals surface area contributed by atoms with Crippen LogP contribution in [0.25, 0.3) is 0 Å². The van der Waals surface area contributed by atoms with Crippen molar-refractivity contribution < 1.29 is 4.79 Å². The molecule has 0 heterocycles. The molecule has 1 aromatic rings. The summed E-state index contributed by atoms with van der Waals surface area (Å²) in [4.78, 5) is 11.4. The van der Waals surface area contributed by atoms with Gasteiger partial charge in [0.2, 0.25) is 0 Å². The second kappa shape index (κ2) is 5.36. The van der Waals surface area contributed by atoms with Crippen molar-refractivity contribution in [3.63, 3.8) is 0 Å². The average Bonchev–Trinajstić information content (AvgIpc) is 2.28. The van der Waals surface area contributed by atoms with Crippen molar-refractivity contribution in [2.45, 2.75) is 13.0 Å². The molecule has 0 bridgehead atoms. The molecule has 0 radical (unpaired) electrons. The van der Waals surface area contributed by atoms with Gasteiger partial charge in [-0.05, 0) is 25.1 Å². The zero-order chi connectivity index (χ0) is 11.3. The largest absolute Gasteiger partial charge is 0.381 e. The van der Waals surface area contributed by atoms with Crippen LogP contribution in [0.2, 0.25) is 0 Å². The van der Waals surface area contributed by atoms with Gasteiger partial charge in [0.1, 0.15) is 0 Å². The van der Waals surface area contributed by atoms with E-state index in [1.165, 1.54) is 0 Å². The van der Waals surface area contributed by atoms with Gasteiger partial charge in [-0.1, -0.05) is 6.07 Å². The molecule has 1 rings (SSSR count). The number of hydrogen-bond acceptors (Lipinski definition) is 3. The van der Waals surface area contributed by atoms with Crippen molar-refractivity contribution in [1.29, 1.82) is 0 Å². The summed E-state index contributed by atoms with van der Waals surface area (Å²) in [6.45, 7) is 2.55. The molecule has 0 saturated heterocycles. The van der Waals surface area contributed by atoms with E-state index < -0.39 is 0 Å². The summed E-state index contributed by atoms with van der Waals surface area (Å²) < 4.78 is 0. The lowest BCUT2D eigenvalue weighted by molar-refractivity contribution is 0.0963. The maximum absolute atomic E-state index is 11.4. The minimum absolute atomic E-state index is 0.0842. The van der Waals surface area contributed by atoms with E-state index in [0.717, 1.165) is 5.69 Å². The van der Waals surface area contributed by atoms with E-state index in [9.17, 15) is 4.79 Å². The molecule has 0 spiro atoms. The van der Waals surface area contributed by atoms with Crippen molar-refractivity contribution >= 4 is 11.6 Å². The SMILES string of the molecule is CNC(=O)c1cccc(NC(C)CN)c1. The van der Waals surface area contributed by atoms with Crippen LogP contribution < -0.4 is 16.4 Å². The molecule has 1 unspecified atom stereocenters. The lowest BCUT2D eigenvalue weighted by Crippen LogP contribution is -2.25. The molecule has 15 heavy (non-hydrogen) atoms. The summed E-state index contributed by atoms with van der Waals surface area (Å²) in [5.74, 6) is -0.0842. The standard InChI is InChI=1S/C11H17N3O/c1-8(7-12)14-10-5-3-4-9(6-10)11(15)13-2/h3-6,8,14H,7,12H2,1-2H3,(H,13,15). The molecule has 0 fully saturated rings. The lowest BCUT2D eigenvalue weighted by Gasteiger charge is -2.13. The van der Waals surface area contributed by atoms with Crippen LogP contribution in [-0.2, 0) is 0 Å². The highest BCUT2D eigenvalue weighted by atomic mass is 16.1. The Hall–Kier alpha value is -1.55. The molecule has 0 saturated carbocycles. The Morgan fingerprint density at radius 2 is 2.27 bits per heavy atom. The quantitative estimate of drug-likeness (QED) is 0.684. The first-order valence-electron chi connectivity index (χ1n) is 4.96. The maximum atomic E-state index is 11.4. The Balaban J connectivity index is 2.78. The zero-order valence-corrected chi connectivity index (χ0v) is 9.08. The van der Waals surface area contributed by atoms with Crippen LogP contribution in [-0.4, -0.2) is 25.5 Å². The Morgan fingerprint density at radius 1 is 1.53 bits per heavy atom. The monoisotopic (exact) mass is 207 g/mol. The number of carbonyl (C=O) groups is 1. The average molecular weight is 207 g/mol. The lowest BCUT2D eigenvalue weighted by atomic mass is 10.2. The summed E-state index contributed by atoms with van der Waals surface area (Å²) in [7, 11) is 1.62. The molecule has 4 heteroatoms. The number of benzene rings is 1. The van der Waals surface area contributed by atoms with Crippen molar-refractivity contribution in [3.8, 4) is 0 Å². The summed E-state index contributed by atoms with van der Waals surface area (Å²) in [5.41, 5.74) is 7.06. The van der Waals surface area contributed by atoms with Crippen LogP contribution >= 0.6 is 0 Å². The van der Waals surface area contributed by atoms with E-state index in [-0.39, 0.29) is 11.9 Å². The third-order valence-electron chi connectivity index (χ3n) is 2.12. The van der Waals surface area contributed by atoms with Crippen LogP contribution in [0.15, 0.2) is 24.3 Å². The fourth-order valence-corrected chi connectivity index (χ4v) is 1.24. The smallest absolute Gasteiger partial charge is 0.251 e. The van der Waals surface area contributed by atoms with E-state index in [2.05, 4.69) is 10.6 Å². The van der Waals surface area contributed by atoms with Crippen molar-refractivity contribution in [2.75, 3.05) is 18.9 Å². The van der Waals surface area contributed by atoms with E-state index in [1.807, 2.05) is 25.1 Å². The third kappa shape index (κ3) is 3.25. The third-order valence-corrected chi connectivity index (χ3v) is 2.12. The van der Waals surface area contributed by atoms with Gasteiger partial charge in [-0.15, -0.1) is 0 Å². The number of rotatable bonds is 4. The van der Waals surface area contributed by atoms with Gasteiger partial charge in [0, 0.05) is 30.9 Å². The molecule has 1 aromatic carbocycles. The van der Waals surface area contributed by atoms with Gasteiger partial charge in [-0.3, -0.25) is 4.79 Å². The number of nitrogens with two attached hydrogens (primary N) is 1. The van der Waals surface area contributed by atoms with E-state index >= 15 is 0 Å². The predicted octanol–water partition coefficient (Wildman–Crippen LogP) is 0.805. The van der Waals surface area contributed by atoms with E-state index in [0.29, 0.717) is 12.1 Å². The second-order valence-electron chi connectivity index (χ2n) is 3.44. The number of amides is 1. The van der Waals surface area contributed by atoms with Gasteiger partial charge >= 0.3 is 0 Å². The highest BCUT2D eigenvalue weighted by molar-refractivity contribution is 5.94.